The van der Waals surface area contributed by atoms with Gasteiger partial charge in [-0.3, -0.25) is 0 Å². The average molecular weight is 253 g/mol. The number of rotatable bonds is 4. The lowest BCUT2D eigenvalue weighted by Crippen LogP contribution is -2.13. The monoisotopic (exact) mass is 252 g/mol. The van der Waals surface area contributed by atoms with Crippen molar-refractivity contribution < 1.29 is 14.6 Å². The van der Waals surface area contributed by atoms with Crippen LogP contribution in [0.3, 0.4) is 0 Å². The lowest BCUT2D eigenvalue weighted by atomic mass is 10.3. The molecule has 1 aromatic heterocycles. The van der Waals surface area contributed by atoms with E-state index in [1.54, 1.807) is 24.3 Å². The number of ether oxygens (including phenoxy) is 1. The molecular formula is C11H9ClN2O3. The Hall–Kier alpha value is -2.01. The molecule has 0 unspecified atom stereocenters. The maximum absolute atomic E-state index is 10.8. The molecule has 0 spiro atoms. The minimum Gasteiger partial charge on any atom is -0.477 e. The fourth-order valence-corrected chi connectivity index (χ4v) is 1.50. The highest BCUT2D eigenvalue weighted by atomic mass is 35.5. The molecule has 0 saturated carbocycles. The molecule has 0 saturated heterocycles. The number of carboxylic acid groups (broad SMARTS) is 1. The van der Waals surface area contributed by atoms with Crippen molar-refractivity contribution in [3.05, 3.63) is 47.2 Å². The summed E-state index contributed by atoms with van der Waals surface area (Å²) in [5.74, 6) is -0.564. The SMILES string of the molecule is O=C(O)c1ccnn1COc1ccccc1Cl. The van der Waals surface area contributed by atoms with E-state index in [9.17, 15) is 4.79 Å². The average Bonchev–Trinajstić information content (AvgIpc) is 2.76. The highest BCUT2D eigenvalue weighted by molar-refractivity contribution is 6.32. The zero-order chi connectivity index (χ0) is 12.3. The van der Waals surface area contributed by atoms with Crippen LogP contribution in [0, 0.1) is 0 Å². The normalized spacial score (nSPS) is 10.2. The zero-order valence-corrected chi connectivity index (χ0v) is 9.46. The van der Waals surface area contributed by atoms with Crippen LogP contribution in [0.25, 0.3) is 0 Å². The largest absolute Gasteiger partial charge is 0.477 e. The van der Waals surface area contributed by atoms with Gasteiger partial charge in [0.15, 0.2) is 6.73 Å². The summed E-state index contributed by atoms with van der Waals surface area (Å²) in [5.41, 5.74) is 0.0667. The van der Waals surface area contributed by atoms with Gasteiger partial charge in [0.2, 0.25) is 0 Å². The minimum atomic E-state index is -1.05. The van der Waals surface area contributed by atoms with Gasteiger partial charge in [0.1, 0.15) is 11.4 Å². The van der Waals surface area contributed by atoms with Crippen LogP contribution in [0.4, 0.5) is 0 Å². The summed E-state index contributed by atoms with van der Waals surface area (Å²) < 4.78 is 6.62. The number of hydrogen-bond acceptors (Lipinski definition) is 3. The smallest absolute Gasteiger partial charge is 0.354 e. The number of halogens is 1. The Kier molecular flexibility index (Phi) is 3.30. The Labute approximate surface area is 102 Å². The van der Waals surface area contributed by atoms with Gasteiger partial charge in [0, 0.05) is 6.20 Å². The van der Waals surface area contributed by atoms with Crippen LogP contribution in [0.15, 0.2) is 36.5 Å². The van der Waals surface area contributed by atoms with E-state index in [4.69, 9.17) is 21.4 Å². The van der Waals surface area contributed by atoms with Crippen LogP contribution < -0.4 is 4.74 Å². The van der Waals surface area contributed by atoms with Crippen LogP contribution >= 0.6 is 11.6 Å². The van der Waals surface area contributed by atoms with Gasteiger partial charge in [-0.2, -0.15) is 5.10 Å². The van der Waals surface area contributed by atoms with Crippen LogP contribution in [-0.2, 0) is 6.73 Å². The van der Waals surface area contributed by atoms with Crippen molar-refractivity contribution in [3.8, 4) is 5.75 Å². The predicted octanol–water partition coefficient (Wildman–Crippen LogP) is 2.27. The second-order valence-electron chi connectivity index (χ2n) is 3.22. The summed E-state index contributed by atoms with van der Waals surface area (Å²) in [5, 5.41) is 13.2. The maximum atomic E-state index is 10.8. The zero-order valence-electron chi connectivity index (χ0n) is 8.71. The molecule has 1 aromatic carbocycles. The summed E-state index contributed by atoms with van der Waals surface area (Å²) in [6, 6.07) is 8.36. The molecule has 0 atom stereocenters. The second kappa shape index (κ2) is 4.88. The summed E-state index contributed by atoms with van der Waals surface area (Å²) >= 11 is 5.90. The first-order valence-electron chi connectivity index (χ1n) is 4.81. The minimum absolute atomic E-state index is 0.00162. The Morgan fingerprint density at radius 3 is 2.88 bits per heavy atom. The van der Waals surface area contributed by atoms with Crippen molar-refractivity contribution in [2.45, 2.75) is 6.73 Å². The third kappa shape index (κ3) is 2.57. The van der Waals surface area contributed by atoms with Crippen LogP contribution in [-0.4, -0.2) is 20.9 Å². The lowest BCUT2D eigenvalue weighted by Gasteiger charge is -2.08. The Bertz CT molecular complexity index is 539. The van der Waals surface area contributed by atoms with E-state index >= 15 is 0 Å². The van der Waals surface area contributed by atoms with Crippen molar-refractivity contribution in [1.82, 2.24) is 9.78 Å². The van der Waals surface area contributed by atoms with Crippen LogP contribution in [0.2, 0.25) is 5.02 Å². The Morgan fingerprint density at radius 1 is 1.41 bits per heavy atom. The molecule has 17 heavy (non-hydrogen) atoms. The first kappa shape index (κ1) is 11.5. The molecule has 0 radical (unpaired) electrons. The number of carboxylic acids is 1. The van der Waals surface area contributed by atoms with Gasteiger partial charge in [-0.1, -0.05) is 23.7 Å². The number of benzene rings is 1. The van der Waals surface area contributed by atoms with Gasteiger partial charge < -0.3 is 9.84 Å². The highest BCUT2D eigenvalue weighted by Crippen LogP contribution is 2.23. The number of carbonyl (C=O) groups is 1. The summed E-state index contributed by atoms with van der Waals surface area (Å²) in [4.78, 5) is 10.8. The van der Waals surface area contributed by atoms with Gasteiger partial charge in [-0.15, -0.1) is 0 Å². The molecule has 0 aliphatic rings. The van der Waals surface area contributed by atoms with Crippen molar-refractivity contribution in [2.24, 2.45) is 0 Å². The van der Waals surface area contributed by atoms with Crippen molar-refractivity contribution in [3.63, 3.8) is 0 Å². The van der Waals surface area contributed by atoms with Crippen LogP contribution in [0.1, 0.15) is 10.5 Å². The van der Waals surface area contributed by atoms with Crippen molar-refractivity contribution >= 4 is 17.6 Å². The standard InChI is InChI=1S/C11H9ClN2O3/c12-8-3-1-2-4-10(8)17-7-14-9(11(15)16)5-6-13-14/h1-6H,7H2,(H,15,16). The van der Waals surface area contributed by atoms with Gasteiger partial charge in [-0.25, -0.2) is 9.48 Å². The fraction of sp³-hybridized carbons (Fsp3) is 0.0909. The molecule has 0 bridgehead atoms. The number of hydrogen-bond donors (Lipinski definition) is 1. The number of nitrogens with zero attached hydrogens (tertiary/aromatic N) is 2. The molecule has 5 nitrogen and oxygen atoms in total. The van der Waals surface area contributed by atoms with E-state index in [1.165, 1.54) is 16.9 Å². The topological polar surface area (TPSA) is 64.3 Å². The first-order chi connectivity index (χ1) is 8.18. The quantitative estimate of drug-likeness (QED) is 0.907. The molecule has 2 aromatic rings. The second-order valence-corrected chi connectivity index (χ2v) is 3.63. The van der Waals surface area contributed by atoms with Gasteiger partial charge in [0.05, 0.1) is 5.02 Å². The molecule has 0 aliphatic heterocycles. The molecule has 6 heteroatoms. The van der Waals surface area contributed by atoms with Gasteiger partial charge in [0.25, 0.3) is 0 Å². The maximum Gasteiger partial charge on any atom is 0.354 e. The molecule has 88 valence electrons. The van der Waals surface area contributed by atoms with E-state index in [0.29, 0.717) is 10.8 Å². The third-order valence-electron chi connectivity index (χ3n) is 2.11. The van der Waals surface area contributed by atoms with E-state index in [0.717, 1.165) is 0 Å². The van der Waals surface area contributed by atoms with E-state index in [2.05, 4.69) is 5.10 Å². The number of aromatic carboxylic acids is 1. The number of aromatic nitrogens is 2. The van der Waals surface area contributed by atoms with Gasteiger partial charge in [-0.05, 0) is 18.2 Å². The summed E-state index contributed by atoms with van der Waals surface area (Å²) in [6.07, 6.45) is 1.40. The Balaban J connectivity index is 2.10. The molecule has 0 aliphatic carbocycles. The highest BCUT2D eigenvalue weighted by Gasteiger charge is 2.10. The molecular weight excluding hydrogens is 244 g/mol. The van der Waals surface area contributed by atoms with Gasteiger partial charge >= 0.3 is 5.97 Å². The molecule has 0 fully saturated rings. The Morgan fingerprint density at radius 2 is 2.18 bits per heavy atom. The van der Waals surface area contributed by atoms with E-state index < -0.39 is 5.97 Å². The lowest BCUT2D eigenvalue weighted by molar-refractivity contribution is 0.0673. The van der Waals surface area contributed by atoms with E-state index in [-0.39, 0.29) is 12.4 Å². The first-order valence-corrected chi connectivity index (χ1v) is 5.18. The molecule has 1 heterocycles. The number of para-hydroxylation sites is 1. The molecule has 2 rings (SSSR count). The fourth-order valence-electron chi connectivity index (χ4n) is 1.31. The third-order valence-corrected chi connectivity index (χ3v) is 2.43. The van der Waals surface area contributed by atoms with Crippen molar-refractivity contribution in [2.75, 3.05) is 0 Å². The van der Waals surface area contributed by atoms with E-state index in [1.807, 2.05) is 0 Å². The molecule has 0 amide bonds. The predicted molar refractivity (Wildman–Crippen MR) is 61.3 cm³/mol. The van der Waals surface area contributed by atoms with Crippen molar-refractivity contribution in [1.29, 1.82) is 0 Å². The summed E-state index contributed by atoms with van der Waals surface area (Å²) in [6.45, 7) is -0.00162. The molecule has 1 N–H and O–H groups in total. The van der Waals surface area contributed by atoms with Crippen LogP contribution in [0.5, 0.6) is 5.75 Å². The summed E-state index contributed by atoms with van der Waals surface area (Å²) in [7, 11) is 0.